The number of carbonyl (C=O) groups is 3. The van der Waals surface area contributed by atoms with Gasteiger partial charge in [0.25, 0.3) is 5.91 Å². The third-order valence-electron chi connectivity index (χ3n) is 4.83. The van der Waals surface area contributed by atoms with Crippen molar-refractivity contribution in [2.45, 2.75) is 26.4 Å². The minimum atomic E-state index is -0.565. The van der Waals surface area contributed by atoms with Crippen LogP contribution in [-0.4, -0.2) is 66.7 Å². The lowest BCUT2D eigenvalue weighted by atomic mass is 10.1. The fraction of sp³-hybridized carbons (Fsp3) is 0.409. The van der Waals surface area contributed by atoms with Crippen molar-refractivity contribution in [3.8, 4) is 6.07 Å². The molecule has 1 aliphatic rings. The number of aromatic nitrogens is 1. The van der Waals surface area contributed by atoms with Gasteiger partial charge < -0.3 is 25.2 Å². The Bertz CT molecular complexity index is 1110. The lowest BCUT2D eigenvalue weighted by Crippen LogP contribution is -2.50. The first-order chi connectivity index (χ1) is 16.1. The molecule has 1 aromatic carbocycles. The molecule has 0 atom stereocenters. The van der Waals surface area contributed by atoms with E-state index in [2.05, 4.69) is 27.0 Å². The number of nitrogens with zero attached hydrogens (tertiary/aromatic N) is 4. The van der Waals surface area contributed by atoms with Gasteiger partial charge in [-0.3, -0.25) is 10.1 Å². The van der Waals surface area contributed by atoms with E-state index in [0.29, 0.717) is 37.4 Å². The zero-order valence-electron chi connectivity index (χ0n) is 19.5. The van der Waals surface area contributed by atoms with Crippen LogP contribution in [0, 0.1) is 11.3 Å². The molecule has 3 rings (SSSR count). The van der Waals surface area contributed by atoms with Crippen LogP contribution in [0.5, 0.6) is 0 Å². The average molecular weight is 486 g/mol. The smallest absolute Gasteiger partial charge is 0.410 e. The van der Waals surface area contributed by atoms with Gasteiger partial charge in [0.2, 0.25) is 0 Å². The number of ether oxygens (including phenoxy) is 1. The monoisotopic (exact) mass is 485 g/mol. The van der Waals surface area contributed by atoms with E-state index < -0.39 is 17.5 Å². The van der Waals surface area contributed by atoms with E-state index in [1.165, 1.54) is 12.4 Å². The van der Waals surface area contributed by atoms with Crippen molar-refractivity contribution in [3.05, 3.63) is 34.8 Å². The van der Waals surface area contributed by atoms with E-state index in [1.54, 1.807) is 23.1 Å². The summed E-state index contributed by atoms with van der Waals surface area (Å²) in [7, 11) is 1.48. The molecule has 1 aliphatic heterocycles. The Morgan fingerprint density at radius 2 is 1.85 bits per heavy atom. The normalized spacial score (nSPS) is 13.6. The van der Waals surface area contributed by atoms with E-state index in [1.807, 2.05) is 25.7 Å². The molecule has 0 spiro atoms. The molecule has 180 valence electrons. The van der Waals surface area contributed by atoms with Crippen molar-refractivity contribution in [2.24, 2.45) is 0 Å². The number of thiazole rings is 1. The Morgan fingerprint density at radius 1 is 1.15 bits per heavy atom. The van der Waals surface area contributed by atoms with Crippen LogP contribution in [0.2, 0.25) is 0 Å². The van der Waals surface area contributed by atoms with Crippen LogP contribution in [0.1, 0.15) is 36.8 Å². The summed E-state index contributed by atoms with van der Waals surface area (Å²) in [6.45, 7) is 7.47. The Balaban J connectivity index is 1.72. The number of anilines is 3. The summed E-state index contributed by atoms with van der Waals surface area (Å²) >= 11 is 1.12. The number of benzene rings is 1. The van der Waals surface area contributed by atoms with E-state index in [9.17, 15) is 19.6 Å². The number of hydrogen-bond donors (Lipinski definition) is 3. The van der Waals surface area contributed by atoms with Gasteiger partial charge in [0.15, 0.2) is 5.13 Å². The molecule has 2 aromatic rings. The summed E-state index contributed by atoms with van der Waals surface area (Å²) in [6, 6.07) is 6.70. The summed E-state index contributed by atoms with van der Waals surface area (Å²) < 4.78 is 5.45. The number of carbonyl (C=O) groups excluding carboxylic acids is 3. The van der Waals surface area contributed by atoms with Gasteiger partial charge in [-0.15, -0.1) is 11.3 Å². The van der Waals surface area contributed by atoms with Gasteiger partial charge in [-0.2, -0.15) is 5.26 Å². The number of hydrogen-bond acceptors (Lipinski definition) is 8. The topological polar surface area (TPSA) is 140 Å². The van der Waals surface area contributed by atoms with Crippen molar-refractivity contribution in [1.29, 1.82) is 5.26 Å². The SMILES string of the molecule is CNC(=O)Nc1nc(C(=O)Nc2cc(C#N)ccc2N2CCN(C(=O)OC(C)(C)C)CC2)cs1. The van der Waals surface area contributed by atoms with Gasteiger partial charge in [0, 0.05) is 38.6 Å². The number of urea groups is 1. The summed E-state index contributed by atoms with van der Waals surface area (Å²) in [5, 5.41) is 18.9. The summed E-state index contributed by atoms with van der Waals surface area (Å²) in [5.41, 5.74) is 1.16. The second-order valence-corrected chi connectivity index (χ2v) is 9.35. The second kappa shape index (κ2) is 10.4. The first-order valence-corrected chi connectivity index (χ1v) is 11.5. The highest BCUT2D eigenvalue weighted by molar-refractivity contribution is 7.14. The number of rotatable bonds is 4. The van der Waals surface area contributed by atoms with Crippen LogP contribution < -0.4 is 20.9 Å². The van der Waals surface area contributed by atoms with Crippen molar-refractivity contribution >= 4 is 45.9 Å². The zero-order valence-corrected chi connectivity index (χ0v) is 20.3. The van der Waals surface area contributed by atoms with Crippen LogP contribution >= 0.6 is 11.3 Å². The van der Waals surface area contributed by atoms with Gasteiger partial charge in [0.1, 0.15) is 11.3 Å². The molecule has 34 heavy (non-hydrogen) atoms. The summed E-state index contributed by atoms with van der Waals surface area (Å²) in [4.78, 5) is 44.5. The highest BCUT2D eigenvalue weighted by Crippen LogP contribution is 2.29. The average Bonchev–Trinajstić information content (AvgIpc) is 3.26. The Morgan fingerprint density at radius 3 is 2.47 bits per heavy atom. The molecule has 0 saturated carbocycles. The predicted molar refractivity (Wildman–Crippen MR) is 129 cm³/mol. The lowest BCUT2D eigenvalue weighted by Gasteiger charge is -2.37. The maximum Gasteiger partial charge on any atom is 0.410 e. The van der Waals surface area contributed by atoms with E-state index in [4.69, 9.17) is 4.74 Å². The maximum atomic E-state index is 12.8. The third kappa shape index (κ3) is 6.35. The number of amides is 4. The van der Waals surface area contributed by atoms with Gasteiger partial charge >= 0.3 is 12.1 Å². The van der Waals surface area contributed by atoms with Crippen molar-refractivity contribution in [3.63, 3.8) is 0 Å². The maximum absolute atomic E-state index is 12.8. The molecule has 1 aromatic heterocycles. The minimum absolute atomic E-state index is 0.138. The van der Waals surface area contributed by atoms with E-state index >= 15 is 0 Å². The third-order valence-corrected chi connectivity index (χ3v) is 5.59. The number of nitrogens with one attached hydrogen (secondary N) is 3. The van der Waals surface area contributed by atoms with Gasteiger partial charge in [-0.1, -0.05) is 0 Å². The fourth-order valence-corrected chi connectivity index (χ4v) is 3.90. The predicted octanol–water partition coefficient (Wildman–Crippen LogP) is 3.08. The number of nitriles is 1. The summed E-state index contributed by atoms with van der Waals surface area (Å²) in [5.74, 6) is -0.468. The van der Waals surface area contributed by atoms with E-state index in [-0.39, 0.29) is 16.9 Å². The molecular weight excluding hydrogens is 458 g/mol. The van der Waals surface area contributed by atoms with E-state index in [0.717, 1.165) is 17.0 Å². The van der Waals surface area contributed by atoms with Crippen molar-refractivity contribution in [2.75, 3.05) is 48.8 Å². The second-order valence-electron chi connectivity index (χ2n) is 8.49. The summed E-state index contributed by atoms with van der Waals surface area (Å²) in [6.07, 6.45) is -0.356. The van der Waals surface area contributed by atoms with Gasteiger partial charge in [-0.25, -0.2) is 14.6 Å². The van der Waals surface area contributed by atoms with Crippen LogP contribution in [0.25, 0.3) is 0 Å². The molecule has 3 N–H and O–H groups in total. The van der Waals surface area contributed by atoms with Crippen LogP contribution in [0.3, 0.4) is 0 Å². The Labute approximate surface area is 201 Å². The molecule has 11 nitrogen and oxygen atoms in total. The standard InChI is InChI=1S/C22H27N7O4S/c1-22(2,3)33-21(32)29-9-7-28(8-10-29)17-6-5-14(12-23)11-15(17)25-18(30)16-13-34-20(26-16)27-19(31)24-4/h5-6,11,13H,7-10H2,1-4H3,(H,25,30)(H2,24,26,27,31). The first-order valence-electron chi connectivity index (χ1n) is 10.6. The first kappa shape index (κ1) is 24.8. The molecule has 2 heterocycles. The number of piperazine rings is 1. The molecule has 0 bridgehead atoms. The molecule has 1 fully saturated rings. The van der Waals surface area contributed by atoms with Crippen LogP contribution in [0.4, 0.5) is 26.1 Å². The minimum Gasteiger partial charge on any atom is -0.444 e. The lowest BCUT2D eigenvalue weighted by molar-refractivity contribution is 0.0240. The highest BCUT2D eigenvalue weighted by atomic mass is 32.1. The largest absolute Gasteiger partial charge is 0.444 e. The molecule has 0 aliphatic carbocycles. The van der Waals surface area contributed by atoms with Crippen LogP contribution in [-0.2, 0) is 4.74 Å². The zero-order chi connectivity index (χ0) is 24.9. The molecular formula is C22H27N7O4S. The molecule has 4 amide bonds. The van der Waals surface area contributed by atoms with Crippen LogP contribution in [0.15, 0.2) is 23.6 Å². The van der Waals surface area contributed by atoms with Gasteiger partial charge in [0.05, 0.1) is 23.0 Å². The van der Waals surface area contributed by atoms with Gasteiger partial charge in [-0.05, 0) is 39.0 Å². The van der Waals surface area contributed by atoms with Crippen molar-refractivity contribution in [1.82, 2.24) is 15.2 Å². The Hall–Kier alpha value is -3.85. The fourth-order valence-electron chi connectivity index (χ4n) is 3.22. The molecule has 12 heteroatoms. The Kier molecular flexibility index (Phi) is 7.57. The molecule has 1 saturated heterocycles. The highest BCUT2D eigenvalue weighted by Gasteiger charge is 2.27. The molecule has 0 unspecified atom stereocenters. The van der Waals surface area contributed by atoms with Crippen molar-refractivity contribution < 1.29 is 19.1 Å². The molecule has 0 radical (unpaired) electrons. The quantitative estimate of drug-likeness (QED) is 0.605.